The zero-order valence-electron chi connectivity index (χ0n) is 18.1. The molecule has 4 rings (SSSR count). The molecule has 1 atom stereocenters. The molecule has 0 radical (unpaired) electrons. The Labute approximate surface area is 178 Å². The molecular weight excluding hydrogens is 370 g/mol. The van der Waals surface area contributed by atoms with Crippen LogP contribution in [0.3, 0.4) is 0 Å². The highest BCUT2D eigenvalue weighted by atomic mass is 16.1. The van der Waals surface area contributed by atoms with Gasteiger partial charge in [-0.1, -0.05) is 56.3 Å². The van der Waals surface area contributed by atoms with Crippen molar-refractivity contribution < 1.29 is 0 Å². The van der Waals surface area contributed by atoms with E-state index in [-0.39, 0.29) is 11.1 Å². The van der Waals surface area contributed by atoms with Crippen molar-refractivity contribution in [1.29, 1.82) is 5.26 Å². The summed E-state index contributed by atoms with van der Waals surface area (Å²) in [6.45, 7) is 6.16. The predicted molar refractivity (Wildman–Crippen MR) is 123 cm³/mol. The molecule has 154 valence electrons. The molecule has 4 nitrogen and oxygen atoms in total. The van der Waals surface area contributed by atoms with Gasteiger partial charge in [0.15, 0.2) is 0 Å². The zero-order chi connectivity index (χ0) is 21.3. The first-order valence-corrected chi connectivity index (χ1v) is 10.9. The summed E-state index contributed by atoms with van der Waals surface area (Å²) in [7, 11) is 1.74. The van der Waals surface area contributed by atoms with E-state index in [1.807, 2.05) is 24.3 Å². The lowest BCUT2D eigenvalue weighted by Gasteiger charge is -2.26. The van der Waals surface area contributed by atoms with Crippen LogP contribution in [0.2, 0.25) is 0 Å². The second kappa shape index (κ2) is 8.36. The number of para-hydroxylation sites is 1. The second-order valence-electron chi connectivity index (χ2n) is 8.65. The van der Waals surface area contributed by atoms with Crippen LogP contribution in [0.4, 0.5) is 5.69 Å². The highest BCUT2D eigenvalue weighted by molar-refractivity contribution is 5.94. The minimum atomic E-state index is -0.212. The summed E-state index contributed by atoms with van der Waals surface area (Å²) in [5.74, 6) is 1.06. The number of fused-ring (bicyclic) bond motifs is 1. The van der Waals surface area contributed by atoms with E-state index in [1.54, 1.807) is 11.6 Å². The number of anilines is 1. The minimum absolute atomic E-state index is 0.212. The van der Waals surface area contributed by atoms with E-state index >= 15 is 0 Å². The number of nitrogens with zero attached hydrogens (tertiary/aromatic N) is 3. The standard InChI is InChI=1S/C26H29N3O/c1-18(2)19-10-12-21(13-11-19)20-7-6-15-29(16-14-20)25-22-8-4-5-9-24(22)28(3)26(30)23(25)17-27/h4-5,8-13,18,20H,6-7,14-16H2,1-3H3/t20-/m1/s1. The number of hydrogen-bond acceptors (Lipinski definition) is 3. The van der Waals surface area contributed by atoms with E-state index in [1.165, 1.54) is 11.1 Å². The van der Waals surface area contributed by atoms with Crippen LogP contribution >= 0.6 is 0 Å². The van der Waals surface area contributed by atoms with Gasteiger partial charge in [-0.15, -0.1) is 0 Å². The number of nitriles is 1. The lowest BCUT2D eigenvalue weighted by Crippen LogP contribution is -2.30. The van der Waals surface area contributed by atoms with Crippen LogP contribution in [0.25, 0.3) is 10.9 Å². The highest BCUT2D eigenvalue weighted by Gasteiger charge is 2.24. The maximum absolute atomic E-state index is 12.8. The molecule has 0 spiro atoms. The predicted octanol–water partition coefficient (Wildman–Crippen LogP) is 5.31. The van der Waals surface area contributed by atoms with Gasteiger partial charge in [0.05, 0.1) is 11.2 Å². The summed E-state index contributed by atoms with van der Waals surface area (Å²) in [4.78, 5) is 15.1. The van der Waals surface area contributed by atoms with Gasteiger partial charge in [-0.3, -0.25) is 4.79 Å². The summed E-state index contributed by atoms with van der Waals surface area (Å²) in [5, 5.41) is 10.8. The van der Waals surface area contributed by atoms with Gasteiger partial charge >= 0.3 is 0 Å². The lowest BCUT2D eigenvalue weighted by atomic mass is 9.90. The maximum atomic E-state index is 12.8. The number of pyridine rings is 1. The van der Waals surface area contributed by atoms with Gasteiger partial charge < -0.3 is 9.47 Å². The Hall–Kier alpha value is -3.06. The Kier molecular flexibility index (Phi) is 5.63. The first-order chi connectivity index (χ1) is 14.5. The Balaban J connectivity index is 1.67. The van der Waals surface area contributed by atoms with Crippen LogP contribution in [0.5, 0.6) is 0 Å². The third-order valence-electron chi connectivity index (χ3n) is 6.51. The molecule has 4 heteroatoms. The van der Waals surface area contributed by atoms with Gasteiger partial charge in [0.25, 0.3) is 5.56 Å². The van der Waals surface area contributed by atoms with Crippen LogP contribution in [-0.4, -0.2) is 17.7 Å². The fraction of sp³-hybridized carbons (Fsp3) is 0.385. The van der Waals surface area contributed by atoms with Gasteiger partial charge in [0, 0.05) is 25.5 Å². The molecular formula is C26H29N3O. The highest BCUT2D eigenvalue weighted by Crippen LogP contribution is 2.34. The molecule has 3 aromatic rings. The van der Waals surface area contributed by atoms with Crippen LogP contribution in [0.15, 0.2) is 53.3 Å². The van der Waals surface area contributed by atoms with Crippen molar-refractivity contribution in [2.75, 3.05) is 18.0 Å². The van der Waals surface area contributed by atoms with Crippen molar-refractivity contribution in [2.45, 2.75) is 44.9 Å². The molecule has 1 fully saturated rings. The SMILES string of the molecule is CC(C)c1ccc([C@@H]2CCCN(c3c(C#N)c(=O)n(C)c4ccccc34)CC2)cc1. The van der Waals surface area contributed by atoms with Crippen molar-refractivity contribution in [3.63, 3.8) is 0 Å². The molecule has 1 aliphatic rings. The number of aryl methyl sites for hydroxylation is 1. The first-order valence-electron chi connectivity index (χ1n) is 10.9. The van der Waals surface area contributed by atoms with Gasteiger partial charge in [-0.05, 0) is 48.3 Å². The van der Waals surface area contributed by atoms with E-state index in [0.29, 0.717) is 11.8 Å². The molecule has 1 aromatic heterocycles. The number of benzene rings is 2. The average Bonchev–Trinajstić information content (AvgIpc) is 3.02. The monoisotopic (exact) mass is 399 g/mol. The molecule has 0 aliphatic carbocycles. The second-order valence-corrected chi connectivity index (χ2v) is 8.65. The molecule has 2 heterocycles. The summed E-state index contributed by atoms with van der Waals surface area (Å²) in [5.41, 5.74) is 4.51. The van der Waals surface area contributed by atoms with Crippen molar-refractivity contribution in [3.8, 4) is 6.07 Å². The smallest absolute Gasteiger partial charge is 0.270 e. The van der Waals surface area contributed by atoms with Gasteiger partial charge in [-0.2, -0.15) is 5.26 Å². The van der Waals surface area contributed by atoms with Crippen LogP contribution in [0.1, 0.15) is 61.6 Å². The molecule has 30 heavy (non-hydrogen) atoms. The molecule has 2 aromatic carbocycles. The summed E-state index contributed by atoms with van der Waals surface area (Å²) in [6.07, 6.45) is 3.20. The van der Waals surface area contributed by atoms with E-state index in [0.717, 1.165) is 48.9 Å². The van der Waals surface area contributed by atoms with E-state index in [9.17, 15) is 10.1 Å². The fourth-order valence-corrected chi connectivity index (χ4v) is 4.72. The minimum Gasteiger partial charge on any atom is -0.370 e. The van der Waals surface area contributed by atoms with Gasteiger partial charge in [0.1, 0.15) is 11.6 Å². The van der Waals surface area contributed by atoms with Gasteiger partial charge in [-0.25, -0.2) is 0 Å². The topological polar surface area (TPSA) is 49.0 Å². The molecule has 0 unspecified atom stereocenters. The summed E-state index contributed by atoms with van der Waals surface area (Å²) >= 11 is 0. The third kappa shape index (κ3) is 3.61. The van der Waals surface area contributed by atoms with E-state index in [2.05, 4.69) is 49.1 Å². The van der Waals surface area contributed by atoms with Crippen LogP contribution in [0, 0.1) is 11.3 Å². The molecule has 1 saturated heterocycles. The van der Waals surface area contributed by atoms with Crippen molar-refractivity contribution in [1.82, 2.24) is 4.57 Å². The quantitative estimate of drug-likeness (QED) is 0.600. The molecule has 1 aliphatic heterocycles. The molecule has 0 bridgehead atoms. The number of hydrogen-bond donors (Lipinski definition) is 0. The Morgan fingerprint density at radius 3 is 2.47 bits per heavy atom. The number of rotatable bonds is 3. The summed E-state index contributed by atoms with van der Waals surface area (Å²) < 4.78 is 1.59. The third-order valence-corrected chi connectivity index (χ3v) is 6.51. The lowest BCUT2D eigenvalue weighted by molar-refractivity contribution is 0.611. The summed E-state index contributed by atoms with van der Waals surface area (Å²) in [6, 6.07) is 19.2. The van der Waals surface area contributed by atoms with Crippen molar-refractivity contribution >= 4 is 16.6 Å². The van der Waals surface area contributed by atoms with Crippen molar-refractivity contribution in [3.05, 3.63) is 75.6 Å². The normalized spacial score (nSPS) is 17.2. The maximum Gasteiger partial charge on any atom is 0.270 e. The van der Waals surface area contributed by atoms with Crippen LogP contribution < -0.4 is 10.5 Å². The Bertz CT molecular complexity index is 1150. The van der Waals surface area contributed by atoms with Crippen LogP contribution in [-0.2, 0) is 7.05 Å². The first kappa shape index (κ1) is 20.2. The Morgan fingerprint density at radius 1 is 1.03 bits per heavy atom. The molecule has 0 amide bonds. The number of aromatic nitrogens is 1. The van der Waals surface area contributed by atoms with Gasteiger partial charge in [0.2, 0.25) is 0 Å². The molecule has 0 saturated carbocycles. The van der Waals surface area contributed by atoms with E-state index < -0.39 is 0 Å². The average molecular weight is 400 g/mol. The Morgan fingerprint density at radius 2 is 1.77 bits per heavy atom. The molecule has 0 N–H and O–H groups in total. The fourth-order valence-electron chi connectivity index (χ4n) is 4.72. The largest absolute Gasteiger partial charge is 0.370 e. The van der Waals surface area contributed by atoms with Crippen molar-refractivity contribution in [2.24, 2.45) is 7.05 Å². The van der Waals surface area contributed by atoms with E-state index in [4.69, 9.17) is 0 Å². The zero-order valence-corrected chi connectivity index (χ0v) is 18.1.